The van der Waals surface area contributed by atoms with Crippen LogP contribution in [0.1, 0.15) is 69.6 Å². The van der Waals surface area contributed by atoms with Crippen molar-refractivity contribution in [3.8, 4) is 0 Å². The maximum absolute atomic E-state index is 11.8. The van der Waals surface area contributed by atoms with E-state index in [-0.39, 0.29) is 5.78 Å². The first kappa shape index (κ1) is 18.1. The van der Waals surface area contributed by atoms with Crippen LogP contribution in [0.25, 0.3) is 0 Å². The summed E-state index contributed by atoms with van der Waals surface area (Å²) in [7, 11) is 0. The number of benzene rings is 2. The normalized spacial score (nSPS) is 12.0. The van der Waals surface area contributed by atoms with Crippen LogP contribution in [-0.2, 0) is 4.79 Å². The Morgan fingerprint density at radius 1 is 0.875 bits per heavy atom. The van der Waals surface area contributed by atoms with Crippen molar-refractivity contribution in [2.75, 3.05) is 0 Å². The Kier molecular flexibility index (Phi) is 6.08. The number of Topliss-reactive ketones (excluding diaryl/α,β-unsaturated/α-hetero) is 1. The molecule has 0 aliphatic heterocycles. The van der Waals surface area contributed by atoms with Gasteiger partial charge in [-0.3, -0.25) is 9.79 Å². The highest BCUT2D eigenvalue weighted by atomic mass is 16.1. The van der Waals surface area contributed by atoms with Gasteiger partial charge in [0.25, 0.3) is 0 Å². The van der Waals surface area contributed by atoms with Crippen molar-refractivity contribution in [3.63, 3.8) is 0 Å². The Balaban J connectivity index is 2.66. The molecule has 0 heterocycles. The van der Waals surface area contributed by atoms with Gasteiger partial charge in [-0.15, -0.1) is 0 Å². The zero-order valence-electron chi connectivity index (χ0n) is 15.3. The van der Waals surface area contributed by atoms with Crippen LogP contribution in [-0.4, -0.2) is 11.5 Å². The zero-order valence-corrected chi connectivity index (χ0v) is 15.3. The summed E-state index contributed by atoms with van der Waals surface area (Å²) in [6.45, 7) is 10.4. The molecule has 24 heavy (non-hydrogen) atoms. The van der Waals surface area contributed by atoms with Crippen LogP contribution in [0.3, 0.4) is 0 Å². The van der Waals surface area contributed by atoms with Gasteiger partial charge in [0, 0.05) is 6.42 Å². The molecular formula is C22H27NO. The van der Waals surface area contributed by atoms with E-state index in [1.807, 2.05) is 30.3 Å². The van der Waals surface area contributed by atoms with Gasteiger partial charge >= 0.3 is 0 Å². The van der Waals surface area contributed by atoms with Crippen molar-refractivity contribution in [2.45, 2.75) is 52.9 Å². The molecule has 0 spiro atoms. The summed E-state index contributed by atoms with van der Waals surface area (Å²) in [5, 5.41) is 0. The van der Waals surface area contributed by atoms with Crippen molar-refractivity contribution in [2.24, 2.45) is 4.99 Å². The SMILES string of the molecule is CC(=O)CC(=Nc1c(C(C)C)cccc1C(C)C)c1ccccc1. The van der Waals surface area contributed by atoms with E-state index in [0.29, 0.717) is 18.3 Å². The lowest BCUT2D eigenvalue weighted by atomic mass is 9.92. The average molecular weight is 321 g/mol. The smallest absolute Gasteiger partial charge is 0.135 e. The second-order valence-electron chi connectivity index (χ2n) is 6.90. The second kappa shape index (κ2) is 8.05. The van der Waals surface area contributed by atoms with E-state index in [9.17, 15) is 4.79 Å². The Morgan fingerprint density at radius 3 is 1.88 bits per heavy atom. The molecule has 0 radical (unpaired) electrons. The summed E-state index contributed by atoms with van der Waals surface area (Å²) in [5.41, 5.74) is 5.36. The molecule has 0 atom stereocenters. The first-order chi connectivity index (χ1) is 11.4. The molecule has 2 heteroatoms. The van der Waals surface area contributed by atoms with Gasteiger partial charge in [-0.1, -0.05) is 76.2 Å². The number of aliphatic imine (C=N–C) groups is 1. The maximum Gasteiger partial charge on any atom is 0.135 e. The molecule has 0 bridgehead atoms. The van der Waals surface area contributed by atoms with Crippen LogP contribution >= 0.6 is 0 Å². The van der Waals surface area contributed by atoms with E-state index < -0.39 is 0 Å². The van der Waals surface area contributed by atoms with Gasteiger partial charge in [-0.05, 0) is 35.4 Å². The topological polar surface area (TPSA) is 29.4 Å². The van der Waals surface area contributed by atoms with Gasteiger partial charge in [0.05, 0.1) is 11.4 Å². The monoisotopic (exact) mass is 321 g/mol. The fourth-order valence-electron chi connectivity index (χ4n) is 2.85. The maximum atomic E-state index is 11.8. The van der Waals surface area contributed by atoms with Crippen molar-refractivity contribution in [1.29, 1.82) is 0 Å². The first-order valence-corrected chi connectivity index (χ1v) is 8.65. The zero-order chi connectivity index (χ0) is 17.7. The molecule has 0 aromatic heterocycles. The van der Waals surface area contributed by atoms with Crippen LogP contribution in [0.4, 0.5) is 5.69 Å². The van der Waals surface area contributed by atoms with E-state index in [1.54, 1.807) is 6.92 Å². The standard InChI is InChI=1S/C22H27NO/c1-15(2)19-12-9-13-20(16(3)4)22(19)23-21(14-17(5)24)18-10-7-6-8-11-18/h6-13,15-16H,14H2,1-5H3. The van der Waals surface area contributed by atoms with Crippen LogP contribution < -0.4 is 0 Å². The predicted octanol–water partition coefficient (Wildman–Crippen LogP) is 6.03. The van der Waals surface area contributed by atoms with Crippen molar-refractivity contribution >= 4 is 17.2 Å². The molecular weight excluding hydrogens is 294 g/mol. The molecule has 2 aromatic carbocycles. The number of rotatable bonds is 6. The van der Waals surface area contributed by atoms with Crippen molar-refractivity contribution < 1.29 is 4.79 Å². The fraction of sp³-hybridized carbons (Fsp3) is 0.364. The number of hydrogen-bond donors (Lipinski definition) is 0. The van der Waals surface area contributed by atoms with Gasteiger partial charge < -0.3 is 0 Å². The van der Waals surface area contributed by atoms with Gasteiger partial charge in [-0.2, -0.15) is 0 Å². The Labute approximate surface area is 145 Å². The third kappa shape index (κ3) is 4.41. The minimum absolute atomic E-state index is 0.130. The first-order valence-electron chi connectivity index (χ1n) is 8.65. The van der Waals surface area contributed by atoms with Crippen LogP contribution in [0.5, 0.6) is 0 Å². The van der Waals surface area contributed by atoms with Gasteiger partial charge in [0.1, 0.15) is 5.78 Å². The molecule has 0 amide bonds. The van der Waals surface area contributed by atoms with Gasteiger partial charge in [0.2, 0.25) is 0 Å². The summed E-state index contributed by atoms with van der Waals surface area (Å²) < 4.78 is 0. The second-order valence-corrected chi connectivity index (χ2v) is 6.90. The molecule has 126 valence electrons. The number of carbonyl (C=O) groups is 1. The molecule has 0 fully saturated rings. The molecule has 0 saturated heterocycles. The minimum Gasteiger partial charge on any atom is -0.300 e. The molecule has 0 saturated carbocycles. The third-order valence-corrected chi connectivity index (χ3v) is 4.11. The average Bonchev–Trinajstić information content (AvgIpc) is 2.54. The highest BCUT2D eigenvalue weighted by Gasteiger charge is 2.15. The van der Waals surface area contributed by atoms with E-state index >= 15 is 0 Å². The highest BCUT2D eigenvalue weighted by Crippen LogP contribution is 2.35. The lowest BCUT2D eigenvalue weighted by Gasteiger charge is -2.17. The van der Waals surface area contributed by atoms with E-state index in [2.05, 4.69) is 45.9 Å². The van der Waals surface area contributed by atoms with Crippen LogP contribution in [0.15, 0.2) is 53.5 Å². The van der Waals surface area contributed by atoms with E-state index in [1.165, 1.54) is 11.1 Å². The summed E-state index contributed by atoms with van der Waals surface area (Å²) in [6.07, 6.45) is 0.355. The Bertz CT molecular complexity index is 701. The van der Waals surface area contributed by atoms with E-state index in [4.69, 9.17) is 4.99 Å². The van der Waals surface area contributed by atoms with Gasteiger partial charge in [-0.25, -0.2) is 0 Å². The Morgan fingerprint density at radius 2 is 1.42 bits per heavy atom. The van der Waals surface area contributed by atoms with Crippen molar-refractivity contribution in [1.82, 2.24) is 0 Å². The van der Waals surface area contributed by atoms with Crippen LogP contribution in [0, 0.1) is 0 Å². The van der Waals surface area contributed by atoms with Crippen LogP contribution in [0.2, 0.25) is 0 Å². The molecule has 2 rings (SSSR count). The van der Waals surface area contributed by atoms with E-state index in [0.717, 1.165) is 17.0 Å². The summed E-state index contributed by atoms with van der Waals surface area (Å²) in [6, 6.07) is 16.4. The predicted molar refractivity (Wildman–Crippen MR) is 103 cm³/mol. The quantitative estimate of drug-likeness (QED) is 0.597. The lowest BCUT2D eigenvalue weighted by Crippen LogP contribution is -2.07. The summed E-state index contributed by atoms with van der Waals surface area (Å²) >= 11 is 0. The number of para-hydroxylation sites is 1. The number of ketones is 1. The molecule has 0 unspecified atom stereocenters. The molecule has 2 aromatic rings. The third-order valence-electron chi connectivity index (χ3n) is 4.11. The molecule has 0 aliphatic carbocycles. The number of nitrogens with zero attached hydrogens (tertiary/aromatic N) is 1. The lowest BCUT2D eigenvalue weighted by molar-refractivity contribution is -0.115. The number of hydrogen-bond acceptors (Lipinski definition) is 2. The molecule has 0 N–H and O–H groups in total. The number of carbonyl (C=O) groups excluding carboxylic acids is 1. The summed E-state index contributed by atoms with van der Waals surface area (Å²) in [4.78, 5) is 16.8. The van der Waals surface area contributed by atoms with Gasteiger partial charge in [0.15, 0.2) is 0 Å². The Hall–Kier alpha value is -2.22. The minimum atomic E-state index is 0.130. The fourth-order valence-corrected chi connectivity index (χ4v) is 2.85. The molecule has 2 nitrogen and oxygen atoms in total. The van der Waals surface area contributed by atoms with Crippen molar-refractivity contribution in [3.05, 3.63) is 65.2 Å². The largest absolute Gasteiger partial charge is 0.300 e. The molecule has 0 aliphatic rings. The summed E-state index contributed by atoms with van der Waals surface area (Å²) in [5.74, 6) is 0.902. The highest BCUT2D eigenvalue weighted by molar-refractivity contribution is 6.11.